The van der Waals surface area contributed by atoms with Crippen LogP contribution in [0.3, 0.4) is 0 Å². The summed E-state index contributed by atoms with van der Waals surface area (Å²) >= 11 is 0. The summed E-state index contributed by atoms with van der Waals surface area (Å²) in [6, 6.07) is 3.60. The van der Waals surface area contributed by atoms with Crippen molar-refractivity contribution in [3.8, 4) is 11.5 Å². The molecule has 0 aromatic heterocycles. The molecule has 1 unspecified atom stereocenters. The topological polar surface area (TPSA) is 76.0 Å². The number of carbonyl (C=O) groups excluding carboxylic acids is 1. The van der Waals surface area contributed by atoms with Crippen LogP contribution in [0, 0.1) is 0 Å². The van der Waals surface area contributed by atoms with Crippen LogP contribution in [0.1, 0.15) is 66.0 Å². The predicted molar refractivity (Wildman–Crippen MR) is 98.3 cm³/mol. The van der Waals surface area contributed by atoms with E-state index in [1.165, 1.54) is 0 Å². The quantitative estimate of drug-likeness (QED) is 0.764. The molecule has 0 aliphatic carbocycles. The maximum atomic E-state index is 11.1. The molecule has 25 heavy (non-hydrogen) atoms. The van der Waals surface area contributed by atoms with Gasteiger partial charge in [0.25, 0.3) is 0 Å². The van der Waals surface area contributed by atoms with E-state index < -0.39 is 6.10 Å². The third kappa shape index (κ3) is 6.24. The number of rotatable bonds is 6. The third-order valence-corrected chi connectivity index (χ3v) is 3.87. The number of aliphatic hydroxyl groups excluding tert-OH is 1. The average Bonchev–Trinajstić information content (AvgIpc) is 2.49. The summed E-state index contributed by atoms with van der Waals surface area (Å²) < 4.78 is 10.6. The van der Waals surface area contributed by atoms with E-state index in [0.717, 1.165) is 11.1 Å². The van der Waals surface area contributed by atoms with E-state index >= 15 is 0 Å². The number of hydrogen-bond donors (Lipinski definition) is 2. The Kier molecular flexibility index (Phi) is 6.89. The SMILES string of the molecule is CCC(=O)OCC(O)COc1cc(C(C)(C)C)c(O)c(C(C)(C)C)c1. The van der Waals surface area contributed by atoms with Crippen LogP contribution in [-0.2, 0) is 20.4 Å². The minimum atomic E-state index is -0.902. The minimum Gasteiger partial charge on any atom is -0.507 e. The Bertz CT molecular complexity index is 558. The molecule has 0 amide bonds. The van der Waals surface area contributed by atoms with Gasteiger partial charge in [0.15, 0.2) is 0 Å². The van der Waals surface area contributed by atoms with Crippen LogP contribution in [0.15, 0.2) is 12.1 Å². The van der Waals surface area contributed by atoms with Gasteiger partial charge in [0.1, 0.15) is 30.8 Å². The first-order valence-electron chi connectivity index (χ1n) is 8.70. The Hall–Kier alpha value is -1.75. The lowest BCUT2D eigenvalue weighted by Gasteiger charge is -2.28. The number of hydrogen-bond acceptors (Lipinski definition) is 5. The van der Waals surface area contributed by atoms with Crippen LogP contribution in [0.5, 0.6) is 11.5 Å². The molecule has 5 nitrogen and oxygen atoms in total. The monoisotopic (exact) mass is 352 g/mol. The summed E-state index contributed by atoms with van der Waals surface area (Å²) in [7, 11) is 0. The summed E-state index contributed by atoms with van der Waals surface area (Å²) in [5.41, 5.74) is 1.08. The Morgan fingerprint density at radius 3 is 1.92 bits per heavy atom. The second-order valence-corrected chi connectivity index (χ2v) is 8.37. The maximum Gasteiger partial charge on any atom is 0.305 e. The van der Waals surface area contributed by atoms with E-state index in [1.54, 1.807) is 19.1 Å². The smallest absolute Gasteiger partial charge is 0.305 e. The Balaban J connectivity index is 2.98. The molecule has 5 heteroatoms. The van der Waals surface area contributed by atoms with Gasteiger partial charge in [-0.2, -0.15) is 0 Å². The van der Waals surface area contributed by atoms with Crippen LogP contribution < -0.4 is 4.74 Å². The average molecular weight is 352 g/mol. The van der Waals surface area contributed by atoms with Crippen LogP contribution in [0.2, 0.25) is 0 Å². The number of phenolic OH excluding ortho intramolecular Hbond substituents is 1. The van der Waals surface area contributed by atoms with Crippen LogP contribution in [0.25, 0.3) is 0 Å². The molecular formula is C20H32O5. The normalized spacial score (nSPS) is 13.4. The number of ether oxygens (including phenoxy) is 2. The highest BCUT2D eigenvalue weighted by Crippen LogP contribution is 2.41. The molecule has 2 N–H and O–H groups in total. The number of aromatic hydroxyl groups is 1. The van der Waals surface area contributed by atoms with Gasteiger partial charge in [-0.15, -0.1) is 0 Å². The summed E-state index contributed by atoms with van der Waals surface area (Å²) in [5, 5.41) is 20.6. The fraction of sp³-hybridized carbons (Fsp3) is 0.650. The highest BCUT2D eigenvalue weighted by molar-refractivity contribution is 5.68. The van der Waals surface area contributed by atoms with Gasteiger partial charge in [0, 0.05) is 17.5 Å². The van der Waals surface area contributed by atoms with E-state index in [9.17, 15) is 15.0 Å². The van der Waals surface area contributed by atoms with Crippen molar-refractivity contribution in [1.82, 2.24) is 0 Å². The first-order valence-corrected chi connectivity index (χ1v) is 8.70. The molecule has 1 aromatic carbocycles. The molecule has 0 radical (unpaired) electrons. The second kappa shape index (κ2) is 8.09. The first kappa shape index (κ1) is 21.3. The van der Waals surface area contributed by atoms with Crippen molar-refractivity contribution in [3.63, 3.8) is 0 Å². The van der Waals surface area contributed by atoms with E-state index in [1.807, 2.05) is 41.5 Å². The molecule has 0 aliphatic rings. The van der Waals surface area contributed by atoms with Gasteiger partial charge < -0.3 is 19.7 Å². The lowest BCUT2D eigenvalue weighted by Crippen LogP contribution is -2.25. The third-order valence-electron chi connectivity index (χ3n) is 3.87. The van der Waals surface area contributed by atoms with Gasteiger partial charge >= 0.3 is 5.97 Å². The molecule has 1 aromatic rings. The van der Waals surface area contributed by atoms with Gasteiger partial charge in [-0.1, -0.05) is 48.5 Å². The molecular weight excluding hydrogens is 320 g/mol. The lowest BCUT2D eigenvalue weighted by atomic mass is 9.79. The van der Waals surface area contributed by atoms with E-state index in [-0.39, 0.29) is 42.2 Å². The van der Waals surface area contributed by atoms with Crippen LogP contribution in [0.4, 0.5) is 0 Å². The first-order chi connectivity index (χ1) is 11.4. The van der Waals surface area contributed by atoms with Crippen molar-refractivity contribution in [2.24, 2.45) is 0 Å². The van der Waals surface area contributed by atoms with Crippen LogP contribution >= 0.6 is 0 Å². The Labute approximate surface area is 151 Å². The van der Waals surface area contributed by atoms with Gasteiger partial charge in [-0.25, -0.2) is 0 Å². The Morgan fingerprint density at radius 2 is 1.52 bits per heavy atom. The van der Waals surface area contributed by atoms with Crippen LogP contribution in [-0.4, -0.2) is 35.5 Å². The number of carbonyl (C=O) groups is 1. The van der Waals surface area contributed by atoms with Gasteiger partial charge in [0.05, 0.1) is 0 Å². The largest absolute Gasteiger partial charge is 0.507 e. The number of esters is 1. The molecule has 0 fully saturated rings. The summed E-state index contributed by atoms with van der Waals surface area (Å²) in [6.07, 6.45) is -0.629. The number of aliphatic hydroxyl groups is 1. The fourth-order valence-electron chi connectivity index (χ4n) is 2.37. The molecule has 1 rings (SSSR count). The van der Waals surface area contributed by atoms with Gasteiger partial charge in [-0.05, 0) is 23.0 Å². The summed E-state index contributed by atoms with van der Waals surface area (Å²) in [5.74, 6) is 0.506. The second-order valence-electron chi connectivity index (χ2n) is 8.37. The van der Waals surface area contributed by atoms with E-state index in [0.29, 0.717) is 5.75 Å². The molecule has 142 valence electrons. The number of phenols is 1. The van der Waals surface area contributed by atoms with Crippen molar-refractivity contribution < 1.29 is 24.5 Å². The van der Waals surface area contributed by atoms with Crippen molar-refractivity contribution in [2.45, 2.75) is 71.8 Å². The minimum absolute atomic E-state index is 0.00886. The summed E-state index contributed by atoms with van der Waals surface area (Å²) in [6.45, 7) is 13.8. The van der Waals surface area contributed by atoms with Crippen molar-refractivity contribution >= 4 is 5.97 Å². The molecule has 0 aliphatic heterocycles. The fourth-order valence-corrected chi connectivity index (χ4v) is 2.37. The lowest BCUT2D eigenvalue weighted by molar-refractivity contribution is -0.146. The highest BCUT2D eigenvalue weighted by atomic mass is 16.5. The highest BCUT2D eigenvalue weighted by Gasteiger charge is 2.27. The zero-order valence-electron chi connectivity index (χ0n) is 16.5. The molecule has 0 bridgehead atoms. The van der Waals surface area contributed by atoms with E-state index in [4.69, 9.17) is 9.47 Å². The molecule has 0 heterocycles. The van der Waals surface area contributed by atoms with Crippen molar-refractivity contribution in [1.29, 1.82) is 0 Å². The molecule has 0 saturated heterocycles. The van der Waals surface area contributed by atoms with Crippen molar-refractivity contribution in [3.05, 3.63) is 23.3 Å². The number of benzene rings is 1. The van der Waals surface area contributed by atoms with Crippen molar-refractivity contribution in [2.75, 3.05) is 13.2 Å². The van der Waals surface area contributed by atoms with E-state index in [2.05, 4.69) is 0 Å². The Morgan fingerprint density at radius 1 is 1.04 bits per heavy atom. The maximum absolute atomic E-state index is 11.1. The summed E-state index contributed by atoms with van der Waals surface area (Å²) in [4.78, 5) is 11.1. The zero-order chi connectivity index (χ0) is 19.4. The van der Waals surface area contributed by atoms with Gasteiger partial charge in [0.2, 0.25) is 0 Å². The zero-order valence-corrected chi connectivity index (χ0v) is 16.5. The molecule has 0 spiro atoms. The molecule has 0 saturated carbocycles. The van der Waals surface area contributed by atoms with Gasteiger partial charge in [-0.3, -0.25) is 4.79 Å². The predicted octanol–water partition coefficient (Wildman–Crippen LogP) is 3.68. The molecule has 1 atom stereocenters. The standard InChI is InChI=1S/C20H32O5/c1-8-17(22)25-12-13(21)11-24-14-9-15(19(2,3)4)18(23)16(10-14)20(5,6)7/h9-10,13,21,23H,8,11-12H2,1-7H3.